The maximum Gasteiger partial charge on any atom is 0.315 e. The van der Waals surface area contributed by atoms with Crippen molar-refractivity contribution >= 4 is 11.8 Å². The van der Waals surface area contributed by atoms with Crippen molar-refractivity contribution < 1.29 is 9.53 Å². The van der Waals surface area contributed by atoms with Crippen LogP contribution in [0.1, 0.15) is 68.2 Å². The van der Waals surface area contributed by atoms with Gasteiger partial charge in [-0.05, 0) is 49.7 Å². The zero-order valence-electron chi connectivity index (χ0n) is 15.7. The molecule has 2 aliphatic rings. The number of hydrogen-bond donors (Lipinski definition) is 1. The van der Waals surface area contributed by atoms with Crippen LogP contribution in [0, 0.1) is 5.92 Å². The highest BCUT2D eigenvalue weighted by molar-refractivity contribution is 5.78. The molecule has 0 radical (unpaired) electrons. The van der Waals surface area contributed by atoms with E-state index in [-0.39, 0.29) is 5.97 Å². The van der Waals surface area contributed by atoms with Crippen LogP contribution >= 0.6 is 0 Å². The molecule has 0 amide bonds. The number of anilines is 1. The Morgan fingerprint density at radius 1 is 1.19 bits per heavy atom. The first-order chi connectivity index (χ1) is 13.2. The van der Waals surface area contributed by atoms with Gasteiger partial charge in [0.2, 0.25) is 0 Å². The number of nitrogen functional groups attached to an aromatic ring is 1. The molecular weight excluding hydrogens is 340 g/mol. The van der Waals surface area contributed by atoms with E-state index in [1.165, 1.54) is 32.1 Å². The molecule has 0 aromatic carbocycles. The second-order valence-electron chi connectivity index (χ2n) is 7.96. The number of nitrogens with zero attached hydrogens (tertiary/aromatic N) is 3. The fourth-order valence-electron chi connectivity index (χ4n) is 3.80. The van der Waals surface area contributed by atoms with Crippen molar-refractivity contribution in [3.8, 4) is 0 Å². The summed E-state index contributed by atoms with van der Waals surface area (Å²) in [4.78, 5) is 21.6. The minimum atomic E-state index is -0.404. The molecule has 6 nitrogen and oxygen atoms in total. The minimum absolute atomic E-state index is 0.187. The number of carbonyl (C=O) groups is 1. The second kappa shape index (κ2) is 8.11. The van der Waals surface area contributed by atoms with Gasteiger partial charge < -0.3 is 15.0 Å². The van der Waals surface area contributed by atoms with E-state index in [4.69, 9.17) is 10.5 Å². The molecule has 0 spiro atoms. The Morgan fingerprint density at radius 3 is 2.70 bits per heavy atom. The number of rotatable bonds is 7. The molecule has 0 saturated heterocycles. The van der Waals surface area contributed by atoms with Crippen molar-refractivity contribution in [3.63, 3.8) is 0 Å². The third-order valence-electron chi connectivity index (χ3n) is 5.71. The number of nitrogens with two attached hydrogens (primary N) is 1. The van der Waals surface area contributed by atoms with Crippen LogP contribution in [-0.4, -0.2) is 27.1 Å². The summed E-state index contributed by atoms with van der Waals surface area (Å²) in [6, 6.07) is 4.19. The van der Waals surface area contributed by atoms with Crippen molar-refractivity contribution in [3.05, 3.63) is 42.1 Å². The highest BCUT2D eigenvalue weighted by Gasteiger charge is 2.29. The molecule has 4 rings (SSSR count). The van der Waals surface area contributed by atoms with Crippen LogP contribution in [0.2, 0.25) is 0 Å². The van der Waals surface area contributed by atoms with Gasteiger partial charge in [-0.15, -0.1) is 0 Å². The van der Waals surface area contributed by atoms with Crippen LogP contribution in [0.3, 0.4) is 0 Å². The van der Waals surface area contributed by atoms with Gasteiger partial charge in [-0.1, -0.05) is 25.3 Å². The summed E-state index contributed by atoms with van der Waals surface area (Å²) < 4.78 is 7.79. The zero-order valence-corrected chi connectivity index (χ0v) is 15.7. The summed E-state index contributed by atoms with van der Waals surface area (Å²) in [7, 11) is 0. The van der Waals surface area contributed by atoms with Crippen molar-refractivity contribution in [1.82, 2.24) is 14.5 Å². The first-order valence-electron chi connectivity index (χ1n) is 10.1. The number of imidazole rings is 1. The quantitative estimate of drug-likeness (QED) is 0.754. The number of aromatic nitrogens is 3. The molecular formula is C21H28N4O2. The first-order valence-corrected chi connectivity index (χ1v) is 10.1. The number of carbonyl (C=O) groups excluding carboxylic acids is 1. The smallest absolute Gasteiger partial charge is 0.315 e. The Labute approximate surface area is 160 Å². The van der Waals surface area contributed by atoms with E-state index in [9.17, 15) is 4.79 Å². The predicted octanol–water partition coefficient (Wildman–Crippen LogP) is 3.65. The number of ether oxygens (including phenoxy) is 1. The largest absolute Gasteiger partial charge is 0.465 e. The minimum Gasteiger partial charge on any atom is -0.465 e. The molecule has 2 heterocycles. The molecule has 2 aliphatic carbocycles. The Kier molecular flexibility index (Phi) is 5.41. The van der Waals surface area contributed by atoms with Gasteiger partial charge in [-0.3, -0.25) is 4.79 Å². The van der Waals surface area contributed by atoms with E-state index >= 15 is 0 Å². The van der Waals surface area contributed by atoms with E-state index in [0.29, 0.717) is 30.8 Å². The van der Waals surface area contributed by atoms with Gasteiger partial charge in [0, 0.05) is 18.4 Å². The maximum absolute atomic E-state index is 12.8. The monoisotopic (exact) mass is 368 g/mol. The Bertz CT molecular complexity index is 761. The second-order valence-corrected chi connectivity index (χ2v) is 7.96. The molecule has 2 N–H and O–H groups in total. The first kappa shape index (κ1) is 18.0. The lowest BCUT2D eigenvalue weighted by atomic mass is 9.95. The third-order valence-corrected chi connectivity index (χ3v) is 5.71. The van der Waals surface area contributed by atoms with E-state index in [1.807, 2.05) is 18.6 Å². The van der Waals surface area contributed by atoms with Crippen LogP contribution in [-0.2, 0) is 16.0 Å². The highest BCUT2D eigenvalue weighted by Crippen LogP contribution is 2.31. The average Bonchev–Trinajstić information content (AvgIpc) is 3.41. The molecule has 144 valence electrons. The standard InChI is InChI=1S/C21H28N4O2/c22-20-9-8-16(11-23-20)10-18(21(26)27-13-15-6-7-15)19-12-25(14-24-19)17-4-2-1-3-5-17/h8-9,11-12,14-15,17-18H,1-7,10,13H2,(H2,22,23). The molecule has 2 aromatic heterocycles. The maximum atomic E-state index is 12.8. The number of hydrogen-bond acceptors (Lipinski definition) is 5. The molecule has 2 saturated carbocycles. The van der Waals surface area contributed by atoms with Gasteiger partial charge >= 0.3 is 5.97 Å². The van der Waals surface area contributed by atoms with Gasteiger partial charge in [0.15, 0.2) is 0 Å². The lowest BCUT2D eigenvalue weighted by Crippen LogP contribution is -2.20. The van der Waals surface area contributed by atoms with Gasteiger partial charge in [-0.25, -0.2) is 9.97 Å². The molecule has 0 bridgehead atoms. The topological polar surface area (TPSA) is 83.0 Å². The summed E-state index contributed by atoms with van der Waals surface area (Å²) in [5.74, 6) is 0.437. The molecule has 1 atom stereocenters. The third kappa shape index (κ3) is 4.67. The van der Waals surface area contributed by atoms with Crippen LogP contribution < -0.4 is 5.73 Å². The molecule has 0 aliphatic heterocycles. The fraction of sp³-hybridized carbons (Fsp3) is 0.571. The van der Waals surface area contributed by atoms with Gasteiger partial charge in [0.05, 0.1) is 18.6 Å². The average molecular weight is 368 g/mol. The van der Waals surface area contributed by atoms with E-state index < -0.39 is 5.92 Å². The molecule has 27 heavy (non-hydrogen) atoms. The molecule has 2 fully saturated rings. The lowest BCUT2D eigenvalue weighted by Gasteiger charge is -2.22. The van der Waals surface area contributed by atoms with Gasteiger partial charge in [0.1, 0.15) is 11.7 Å². The summed E-state index contributed by atoms with van der Waals surface area (Å²) in [6.45, 7) is 0.526. The van der Waals surface area contributed by atoms with Crippen LogP contribution in [0.15, 0.2) is 30.9 Å². The molecule has 2 aromatic rings. The van der Waals surface area contributed by atoms with Crippen molar-refractivity contribution in [2.24, 2.45) is 5.92 Å². The van der Waals surface area contributed by atoms with Crippen molar-refractivity contribution in [2.45, 2.75) is 63.3 Å². The number of esters is 1. The van der Waals surface area contributed by atoms with Crippen LogP contribution in [0.25, 0.3) is 0 Å². The van der Waals surface area contributed by atoms with Crippen LogP contribution in [0.4, 0.5) is 5.82 Å². The summed E-state index contributed by atoms with van der Waals surface area (Å²) >= 11 is 0. The Hall–Kier alpha value is -2.37. The Balaban J connectivity index is 1.51. The summed E-state index contributed by atoms with van der Waals surface area (Å²) in [5.41, 5.74) is 7.44. The summed E-state index contributed by atoms with van der Waals surface area (Å²) in [5, 5.41) is 0. The molecule has 6 heteroatoms. The molecule has 1 unspecified atom stereocenters. The zero-order chi connectivity index (χ0) is 18.6. The van der Waals surface area contributed by atoms with E-state index in [2.05, 4.69) is 14.5 Å². The Morgan fingerprint density at radius 2 is 2.00 bits per heavy atom. The summed E-state index contributed by atoms with van der Waals surface area (Å²) in [6.07, 6.45) is 14.7. The van der Waals surface area contributed by atoms with Crippen molar-refractivity contribution in [1.29, 1.82) is 0 Å². The van der Waals surface area contributed by atoms with Crippen LogP contribution in [0.5, 0.6) is 0 Å². The number of pyridine rings is 1. The SMILES string of the molecule is Nc1ccc(CC(C(=O)OCC2CC2)c2cn(C3CCCCC3)cn2)cn1. The lowest BCUT2D eigenvalue weighted by molar-refractivity contribution is -0.146. The van der Waals surface area contributed by atoms with Crippen molar-refractivity contribution in [2.75, 3.05) is 12.3 Å². The highest BCUT2D eigenvalue weighted by atomic mass is 16.5. The van der Waals surface area contributed by atoms with Gasteiger partial charge in [-0.2, -0.15) is 0 Å². The fourth-order valence-corrected chi connectivity index (χ4v) is 3.80. The van der Waals surface area contributed by atoms with Gasteiger partial charge in [0.25, 0.3) is 0 Å². The normalized spacial score (nSPS) is 19.0. The van der Waals surface area contributed by atoms with E-state index in [0.717, 1.165) is 24.1 Å². The van der Waals surface area contributed by atoms with E-state index in [1.54, 1.807) is 12.3 Å². The predicted molar refractivity (Wildman–Crippen MR) is 103 cm³/mol.